The first-order valence-corrected chi connectivity index (χ1v) is 8.93. The maximum absolute atomic E-state index is 13.9. The van der Waals surface area contributed by atoms with Gasteiger partial charge in [0.2, 0.25) is 0 Å². The van der Waals surface area contributed by atoms with Crippen LogP contribution in [0.3, 0.4) is 0 Å². The fraction of sp³-hybridized carbons (Fsp3) is 0.588. The minimum absolute atomic E-state index is 0.00966. The molecule has 0 saturated carbocycles. The lowest BCUT2D eigenvalue weighted by molar-refractivity contribution is -0.00834. The van der Waals surface area contributed by atoms with Crippen LogP contribution in [0.15, 0.2) is 27.7 Å². The first kappa shape index (κ1) is 19.1. The summed E-state index contributed by atoms with van der Waals surface area (Å²) in [5, 5.41) is 6.49. The van der Waals surface area contributed by atoms with E-state index in [0.717, 1.165) is 37.3 Å². The normalized spacial score (nSPS) is 17.0. The molecule has 1 aromatic carbocycles. The molecule has 7 heteroatoms. The van der Waals surface area contributed by atoms with Crippen LogP contribution in [0.5, 0.6) is 0 Å². The van der Waals surface area contributed by atoms with Gasteiger partial charge in [0, 0.05) is 48.8 Å². The van der Waals surface area contributed by atoms with Crippen LogP contribution in [-0.2, 0) is 11.3 Å². The summed E-state index contributed by atoms with van der Waals surface area (Å²) in [6, 6.07) is 5.06. The summed E-state index contributed by atoms with van der Waals surface area (Å²) in [4.78, 5) is 6.63. The average molecular weight is 401 g/mol. The third kappa shape index (κ3) is 5.43. The molecule has 0 atom stereocenters. The Bertz CT molecular complexity index is 574. The molecule has 0 aromatic heterocycles. The number of aliphatic imine (C=N–C) groups is 1. The highest BCUT2D eigenvalue weighted by Gasteiger charge is 2.28. The lowest BCUT2D eigenvalue weighted by Crippen LogP contribution is -2.56. The first-order chi connectivity index (χ1) is 11.4. The summed E-state index contributed by atoms with van der Waals surface area (Å²) in [5.74, 6) is 0.430. The molecule has 0 unspecified atom stereocenters. The predicted octanol–water partition coefficient (Wildman–Crippen LogP) is 2.36. The maximum atomic E-state index is 13.9. The number of hydrogen-bond acceptors (Lipinski definition) is 3. The molecule has 0 radical (unpaired) electrons. The predicted molar refractivity (Wildman–Crippen MR) is 98.8 cm³/mol. The van der Waals surface area contributed by atoms with Gasteiger partial charge >= 0.3 is 0 Å². The lowest BCUT2D eigenvalue weighted by atomic mass is 10.0. The summed E-state index contributed by atoms with van der Waals surface area (Å²) in [6.07, 6.45) is 0. The second-order valence-corrected chi connectivity index (χ2v) is 7.34. The largest absolute Gasteiger partial charge is 0.379 e. The number of halogens is 2. The Morgan fingerprint density at radius 3 is 2.67 bits per heavy atom. The first-order valence-electron chi connectivity index (χ1n) is 8.13. The molecule has 1 fully saturated rings. The quantitative estimate of drug-likeness (QED) is 0.588. The number of hydrogen-bond donors (Lipinski definition) is 2. The third-order valence-electron chi connectivity index (χ3n) is 4.24. The molecule has 2 rings (SSSR count). The number of ether oxygens (including phenoxy) is 1. The summed E-state index contributed by atoms with van der Waals surface area (Å²) < 4.78 is 20.0. The summed E-state index contributed by atoms with van der Waals surface area (Å²) in [5.41, 5.74) is 0.596. The summed E-state index contributed by atoms with van der Waals surface area (Å²) in [6.45, 7) is 8.96. The van der Waals surface area contributed by atoms with Gasteiger partial charge in [0.25, 0.3) is 0 Å². The second-order valence-electron chi connectivity index (χ2n) is 6.43. The van der Waals surface area contributed by atoms with Crippen molar-refractivity contribution >= 4 is 21.9 Å². The van der Waals surface area contributed by atoms with Crippen LogP contribution < -0.4 is 10.6 Å². The average Bonchev–Trinajstić information content (AvgIpc) is 2.57. The van der Waals surface area contributed by atoms with Gasteiger partial charge in [-0.05, 0) is 26.0 Å². The van der Waals surface area contributed by atoms with Gasteiger partial charge in [-0.2, -0.15) is 0 Å². The van der Waals surface area contributed by atoms with Crippen molar-refractivity contribution in [2.45, 2.75) is 25.9 Å². The van der Waals surface area contributed by atoms with E-state index in [2.05, 4.69) is 50.3 Å². The number of morpholine rings is 1. The van der Waals surface area contributed by atoms with E-state index in [1.165, 1.54) is 6.07 Å². The van der Waals surface area contributed by atoms with Gasteiger partial charge < -0.3 is 15.4 Å². The lowest BCUT2D eigenvalue weighted by Gasteiger charge is -2.41. The van der Waals surface area contributed by atoms with Gasteiger partial charge in [-0.3, -0.25) is 9.89 Å². The van der Waals surface area contributed by atoms with Crippen molar-refractivity contribution in [3.63, 3.8) is 0 Å². The van der Waals surface area contributed by atoms with E-state index in [0.29, 0.717) is 18.1 Å². The Morgan fingerprint density at radius 1 is 1.33 bits per heavy atom. The van der Waals surface area contributed by atoms with E-state index >= 15 is 0 Å². The van der Waals surface area contributed by atoms with E-state index in [1.54, 1.807) is 13.1 Å². The van der Waals surface area contributed by atoms with E-state index < -0.39 is 0 Å². The van der Waals surface area contributed by atoms with Crippen LogP contribution >= 0.6 is 15.9 Å². The summed E-state index contributed by atoms with van der Waals surface area (Å²) in [7, 11) is 1.72. The minimum atomic E-state index is -0.235. The fourth-order valence-electron chi connectivity index (χ4n) is 2.65. The Balaban J connectivity index is 1.85. The molecule has 0 bridgehead atoms. The van der Waals surface area contributed by atoms with Gasteiger partial charge in [0.1, 0.15) is 5.82 Å². The Morgan fingerprint density at radius 2 is 2.04 bits per heavy atom. The molecule has 1 saturated heterocycles. The van der Waals surface area contributed by atoms with E-state index in [4.69, 9.17) is 4.74 Å². The van der Waals surface area contributed by atoms with Crippen molar-refractivity contribution in [2.75, 3.05) is 39.9 Å². The molecule has 5 nitrogen and oxygen atoms in total. The topological polar surface area (TPSA) is 48.9 Å². The second kappa shape index (κ2) is 8.78. The van der Waals surface area contributed by atoms with E-state index in [9.17, 15) is 4.39 Å². The highest BCUT2D eigenvalue weighted by molar-refractivity contribution is 9.10. The van der Waals surface area contributed by atoms with E-state index in [1.807, 2.05) is 6.07 Å². The van der Waals surface area contributed by atoms with Crippen molar-refractivity contribution in [3.05, 3.63) is 34.1 Å². The SMILES string of the molecule is CN=C(NCc1ccc(Br)cc1F)NCC(C)(C)N1CCOCC1. The maximum Gasteiger partial charge on any atom is 0.191 e. The zero-order valence-electron chi connectivity index (χ0n) is 14.5. The number of nitrogens with zero attached hydrogens (tertiary/aromatic N) is 2. The zero-order chi connectivity index (χ0) is 17.6. The standard InChI is InChI=1S/C17H26BrFN4O/c1-17(2,23-6-8-24-9-7-23)12-22-16(20-3)21-11-13-4-5-14(18)10-15(13)19/h4-5,10H,6-9,11-12H2,1-3H3,(H2,20,21,22). The molecule has 2 N–H and O–H groups in total. The molecule has 1 aromatic rings. The molecule has 0 spiro atoms. The molecule has 0 amide bonds. The van der Waals surface area contributed by atoms with Crippen molar-refractivity contribution in [1.82, 2.24) is 15.5 Å². The van der Waals surface area contributed by atoms with Crippen LogP contribution in [0, 0.1) is 5.82 Å². The van der Waals surface area contributed by atoms with Crippen molar-refractivity contribution in [3.8, 4) is 0 Å². The van der Waals surface area contributed by atoms with Crippen LogP contribution in [-0.4, -0.2) is 56.3 Å². The van der Waals surface area contributed by atoms with Crippen molar-refractivity contribution < 1.29 is 9.13 Å². The van der Waals surface area contributed by atoms with Crippen molar-refractivity contribution in [2.24, 2.45) is 4.99 Å². The van der Waals surface area contributed by atoms with Crippen molar-refractivity contribution in [1.29, 1.82) is 0 Å². The smallest absolute Gasteiger partial charge is 0.191 e. The molecular weight excluding hydrogens is 375 g/mol. The van der Waals surface area contributed by atoms with Gasteiger partial charge in [0.15, 0.2) is 5.96 Å². The number of guanidine groups is 1. The molecule has 1 aliphatic heterocycles. The van der Waals surface area contributed by atoms with Crippen LogP contribution in [0.4, 0.5) is 4.39 Å². The molecule has 0 aliphatic carbocycles. The van der Waals surface area contributed by atoms with Crippen LogP contribution in [0.1, 0.15) is 19.4 Å². The number of rotatable bonds is 5. The van der Waals surface area contributed by atoms with Gasteiger partial charge in [-0.15, -0.1) is 0 Å². The van der Waals surface area contributed by atoms with Gasteiger partial charge in [-0.25, -0.2) is 4.39 Å². The van der Waals surface area contributed by atoms with Gasteiger partial charge in [0.05, 0.1) is 13.2 Å². The van der Waals surface area contributed by atoms with Crippen LogP contribution in [0.2, 0.25) is 0 Å². The highest BCUT2D eigenvalue weighted by atomic mass is 79.9. The summed E-state index contributed by atoms with van der Waals surface area (Å²) >= 11 is 3.26. The number of nitrogens with one attached hydrogen (secondary N) is 2. The third-order valence-corrected chi connectivity index (χ3v) is 4.73. The molecular formula is C17H26BrFN4O. The van der Waals surface area contributed by atoms with Crippen LogP contribution in [0.25, 0.3) is 0 Å². The molecule has 134 valence electrons. The van der Waals surface area contributed by atoms with Gasteiger partial charge in [-0.1, -0.05) is 22.0 Å². The molecule has 1 aliphatic rings. The fourth-order valence-corrected chi connectivity index (χ4v) is 2.98. The monoisotopic (exact) mass is 400 g/mol. The Hall–Kier alpha value is -1.18. The minimum Gasteiger partial charge on any atom is -0.379 e. The number of benzene rings is 1. The Labute approximate surface area is 151 Å². The van der Waals surface area contributed by atoms with E-state index in [-0.39, 0.29) is 11.4 Å². The highest BCUT2D eigenvalue weighted by Crippen LogP contribution is 2.16. The molecule has 24 heavy (non-hydrogen) atoms. The molecule has 1 heterocycles. The Kier molecular flexibility index (Phi) is 7.01. The zero-order valence-corrected chi connectivity index (χ0v) is 16.1.